The zero-order valence-corrected chi connectivity index (χ0v) is 20.1. The number of carbonyl (C=O) groups is 2. The van der Waals surface area contributed by atoms with E-state index in [1.807, 2.05) is 18.2 Å². The molecule has 7 nitrogen and oxygen atoms in total. The Morgan fingerprint density at radius 1 is 1.18 bits per heavy atom. The standard InChI is InChI=1S/C24H28ClN3O4S/c1-17(24(30)26-20-7-3-4-8-20)27(14-19-6-2-5-9-22(19)25)23(29)16-33-15-18-10-12-21(13-11-18)28(31)32/h2,5-6,9-13,17,20H,3-4,7-8,14-16H2,1H3,(H,26,30)/t17-/m0/s1. The molecule has 2 aromatic rings. The fourth-order valence-corrected chi connectivity index (χ4v) is 4.90. The molecule has 0 bridgehead atoms. The molecular weight excluding hydrogens is 462 g/mol. The molecule has 1 aliphatic carbocycles. The van der Waals surface area contributed by atoms with Crippen LogP contribution in [0.2, 0.25) is 5.02 Å². The van der Waals surface area contributed by atoms with Crippen molar-refractivity contribution in [2.45, 2.75) is 57.0 Å². The third-order valence-corrected chi connectivity index (χ3v) is 7.17. The molecule has 1 N–H and O–H groups in total. The van der Waals surface area contributed by atoms with Crippen LogP contribution in [0.15, 0.2) is 48.5 Å². The van der Waals surface area contributed by atoms with Gasteiger partial charge in [-0.3, -0.25) is 19.7 Å². The van der Waals surface area contributed by atoms with Crippen molar-refractivity contribution in [3.8, 4) is 0 Å². The van der Waals surface area contributed by atoms with Crippen molar-refractivity contribution in [3.63, 3.8) is 0 Å². The minimum absolute atomic E-state index is 0.0350. The largest absolute Gasteiger partial charge is 0.352 e. The van der Waals surface area contributed by atoms with E-state index >= 15 is 0 Å². The molecule has 0 heterocycles. The van der Waals surface area contributed by atoms with Gasteiger partial charge in [0, 0.05) is 35.5 Å². The van der Waals surface area contributed by atoms with E-state index in [1.54, 1.807) is 30.0 Å². The van der Waals surface area contributed by atoms with E-state index in [1.165, 1.54) is 23.9 Å². The molecule has 176 valence electrons. The van der Waals surface area contributed by atoms with E-state index in [-0.39, 0.29) is 35.8 Å². The average Bonchev–Trinajstić information content (AvgIpc) is 3.31. The summed E-state index contributed by atoms with van der Waals surface area (Å²) in [5, 5.41) is 14.4. The topological polar surface area (TPSA) is 92.6 Å². The lowest BCUT2D eigenvalue weighted by molar-refractivity contribution is -0.384. The normalized spacial score (nSPS) is 14.6. The summed E-state index contributed by atoms with van der Waals surface area (Å²) in [6.07, 6.45) is 4.17. The molecule has 2 amide bonds. The van der Waals surface area contributed by atoms with Gasteiger partial charge in [-0.25, -0.2) is 0 Å². The maximum Gasteiger partial charge on any atom is 0.269 e. The Balaban J connectivity index is 1.64. The summed E-state index contributed by atoms with van der Waals surface area (Å²) in [4.78, 5) is 38.0. The Morgan fingerprint density at radius 2 is 1.85 bits per heavy atom. The summed E-state index contributed by atoms with van der Waals surface area (Å²) in [5.41, 5.74) is 1.71. The third-order valence-electron chi connectivity index (χ3n) is 5.81. The van der Waals surface area contributed by atoms with Crippen LogP contribution in [0.25, 0.3) is 0 Å². The van der Waals surface area contributed by atoms with Gasteiger partial charge >= 0.3 is 0 Å². The number of nitrogens with zero attached hydrogens (tertiary/aromatic N) is 2. The fraction of sp³-hybridized carbons (Fsp3) is 0.417. The smallest absolute Gasteiger partial charge is 0.269 e. The first-order valence-corrected chi connectivity index (χ1v) is 12.5. The van der Waals surface area contributed by atoms with Crippen molar-refractivity contribution >= 4 is 40.9 Å². The molecule has 33 heavy (non-hydrogen) atoms. The highest BCUT2D eigenvalue weighted by molar-refractivity contribution is 7.99. The quantitative estimate of drug-likeness (QED) is 0.376. The van der Waals surface area contributed by atoms with Crippen LogP contribution >= 0.6 is 23.4 Å². The van der Waals surface area contributed by atoms with Gasteiger partial charge in [0.05, 0.1) is 10.7 Å². The van der Waals surface area contributed by atoms with E-state index < -0.39 is 11.0 Å². The van der Waals surface area contributed by atoms with Gasteiger partial charge in [-0.15, -0.1) is 11.8 Å². The van der Waals surface area contributed by atoms with Crippen LogP contribution < -0.4 is 5.32 Å². The van der Waals surface area contributed by atoms with Crippen molar-refractivity contribution in [2.24, 2.45) is 0 Å². The first-order valence-electron chi connectivity index (χ1n) is 11.0. The minimum atomic E-state index is -0.630. The van der Waals surface area contributed by atoms with Crippen LogP contribution in [0, 0.1) is 10.1 Å². The van der Waals surface area contributed by atoms with E-state index in [2.05, 4.69) is 5.32 Å². The number of carbonyl (C=O) groups excluding carboxylic acids is 2. The van der Waals surface area contributed by atoms with Crippen LogP contribution in [0.3, 0.4) is 0 Å². The SMILES string of the molecule is C[C@@H](C(=O)NC1CCCC1)N(Cc1ccccc1Cl)C(=O)CSCc1ccc([N+](=O)[O-])cc1. The van der Waals surface area contributed by atoms with E-state index in [9.17, 15) is 19.7 Å². The van der Waals surface area contributed by atoms with E-state index in [0.717, 1.165) is 36.8 Å². The highest BCUT2D eigenvalue weighted by Gasteiger charge is 2.28. The molecule has 3 rings (SSSR count). The Bertz CT molecular complexity index is 980. The van der Waals surface area contributed by atoms with Gasteiger partial charge < -0.3 is 10.2 Å². The molecule has 0 aromatic heterocycles. The molecule has 9 heteroatoms. The first kappa shape index (κ1) is 25.1. The minimum Gasteiger partial charge on any atom is -0.352 e. The number of nitro groups is 1. The maximum atomic E-state index is 13.2. The lowest BCUT2D eigenvalue weighted by Crippen LogP contribution is -2.50. The number of thioether (sulfide) groups is 1. The number of benzene rings is 2. The van der Waals surface area contributed by atoms with Gasteiger partial charge in [0.25, 0.3) is 5.69 Å². The van der Waals surface area contributed by atoms with Crippen LogP contribution in [-0.4, -0.2) is 39.5 Å². The van der Waals surface area contributed by atoms with Crippen molar-refractivity contribution in [1.29, 1.82) is 0 Å². The zero-order valence-electron chi connectivity index (χ0n) is 18.5. The van der Waals surface area contributed by atoms with Crippen molar-refractivity contribution < 1.29 is 14.5 Å². The summed E-state index contributed by atoms with van der Waals surface area (Å²) in [6.45, 7) is 2.00. The van der Waals surface area contributed by atoms with Gasteiger partial charge in [-0.05, 0) is 37.0 Å². The summed E-state index contributed by atoms with van der Waals surface area (Å²) in [5.74, 6) is 0.410. The summed E-state index contributed by atoms with van der Waals surface area (Å²) >= 11 is 7.73. The van der Waals surface area contributed by atoms with Crippen LogP contribution in [0.5, 0.6) is 0 Å². The molecule has 1 aliphatic rings. The molecule has 0 unspecified atom stereocenters. The second-order valence-corrected chi connectivity index (χ2v) is 9.59. The zero-order chi connectivity index (χ0) is 23.8. The average molecular weight is 490 g/mol. The second kappa shape index (κ2) is 12.0. The Kier molecular flexibility index (Phi) is 9.14. The Morgan fingerprint density at radius 3 is 2.48 bits per heavy atom. The molecule has 1 atom stereocenters. The van der Waals surface area contributed by atoms with Crippen molar-refractivity contribution in [3.05, 3.63) is 74.8 Å². The van der Waals surface area contributed by atoms with E-state index in [0.29, 0.717) is 10.8 Å². The molecule has 1 saturated carbocycles. The molecular formula is C24H28ClN3O4S. The van der Waals surface area contributed by atoms with E-state index in [4.69, 9.17) is 11.6 Å². The Hall–Kier alpha value is -2.58. The van der Waals surface area contributed by atoms with Gasteiger partial charge in [0.1, 0.15) is 6.04 Å². The fourth-order valence-electron chi connectivity index (χ4n) is 3.84. The molecule has 0 aliphatic heterocycles. The van der Waals surface area contributed by atoms with Gasteiger partial charge in [0.15, 0.2) is 0 Å². The molecule has 2 aromatic carbocycles. The number of rotatable bonds is 10. The van der Waals surface area contributed by atoms with Crippen LogP contribution in [-0.2, 0) is 21.9 Å². The molecule has 0 saturated heterocycles. The Labute approximate surface area is 203 Å². The summed E-state index contributed by atoms with van der Waals surface area (Å²) in [7, 11) is 0. The number of amides is 2. The van der Waals surface area contributed by atoms with Crippen LogP contribution in [0.4, 0.5) is 5.69 Å². The van der Waals surface area contributed by atoms with Crippen LogP contribution in [0.1, 0.15) is 43.7 Å². The van der Waals surface area contributed by atoms with Gasteiger partial charge in [-0.2, -0.15) is 0 Å². The number of hydrogen-bond donors (Lipinski definition) is 1. The second-order valence-electron chi connectivity index (χ2n) is 8.20. The maximum absolute atomic E-state index is 13.2. The number of halogens is 1. The molecule has 1 fully saturated rings. The van der Waals surface area contributed by atoms with Gasteiger partial charge in [0.2, 0.25) is 11.8 Å². The highest BCUT2D eigenvalue weighted by Crippen LogP contribution is 2.22. The predicted molar refractivity (Wildman–Crippen MR) is 131 cm³/mol. The van der Waals surface area contributed by atoms with Crippen molar-refractivity contribution in [2.75, 3.05) is 5.75 Å². The lowest BCUT2D eigenvalue weighted by Gasteiger charge is -2.30. The number of non-ortho nitro benzene ring substituents is 1. The third kappa shape index (κ3) is 7.20. The lowest BCUT2D eigenvalue weighted by atomic mass is 10.1. The van der Waals surface area contributed by atoms with Gasteiger partial charge in [-0.1, -0.05) is 54.8 Å². The molecule has 0 spiro atoms. The molecule has 0 radical (unpaired) electrons. The predicted octanol–water partition coefficient (Wildman–Crippen LogP) is 4.96. The number of nitrogens with one attached hydrogen (secondary N) is 1. The summed E-state index contributed by atoms with van der Waals surface area (Å²) in [6, 6.07) is 13.1. The number of hydrogen-bond acceptors (Lipinski definition) is 5. The highest BCUT2D eigenvalue weighted by atomic mass is 35.5. The summed E-state index contributed by atoms with van der Waals surface area (Å²) < 4.78 is 0. The first-order chi connectivity index (χ1) is 15.8. The number of nitro benzene ring substituents is 1. The monoisotopic (exact) mass is 489 g/mol. The van der Waals surface area contributed by atoms with Crippen molar-refractivity contribution in [1.82, 2.24) is 10.2 Å².